The molecule has 0 spiro atoms. The van der Waals surface area contributed by atoms with Crippen molar-refractivity contribution in [2.45, 2.75) is 38.3 Å². The Bertz CT molecular complexity index is 445. The number of hydrogen-bond acceptors (Lipinski definition) is 3. The van der Waals surface area contributed by atoms with Crippen molar-refractivity contribution in [3.63, 3.8) is 0 Å². The first-order chi connectivity index (χ1) is 8.05. The van der Waals surface area contributed by atoms with Gasteiger partial charge in [-0.2, -0.15) is 5.26 Å². The van der Waals surface area contributed by atoms with Crippen LogP contribution in [0.4, 0.5) is 5.69 Å². The van der Waals surface area contributed by atoms with Gasteiger partial charge in [0.1, 0.15) is 0 Å². The molecule has 1 aliphatic heterocycles. The highest BCUT2D eigenvalue weighted by Crippen LogP contribution is 2.32. The summed E-state index contributed by atoms with van der Waals surface area (Å²) in [4.78, 5) is 2.32. The number of piperidine rings is 1. The highest BCUT2D eigenvalue weighted by atomic mass is 15.2. The molecular weight excluding hydrogens is 210 g/mol. The van der Waals surface area contributed by atoms with Gasteiger partial charge in [0.2, 0.25) is 0 Å². The molecule has 1 aromatic rings. The molecule has 0 bridgehead atoms. The Morgan fingerprint density at radius 3 is 2.94 bits per heavy atom. The summed E-state index contributed by atoms with van der Waals surface area (Å²) in [5, 5.41) is 8.95. The van der Waals surface area contributed by atoms with Gasteiger partial charge in [-0.05, 0) is 44.9 Å². The van der Waals surface area contributed by atoms with E-state index in [-0.39, 0.29) is 11.6 Å². The number of benzene rings is 1. The van der Waals surface area contributed by atoms with Crippen LogP contribution in [0.1, 0.15) is 32.3 Å². The quantitative estimate of drug-likeness (QED) is 0.803. The SMILES string of the molecule is CC1(C)C(N)CCCN1c1cccc(C#N)c1. The lowest BCUT2D eigenvalue weighted by atomic mass is 9.85. The minimum atomic E-state index is -0.0493. The molecule has 2 rings (SSSR count). The second-order valence-electron chi connectivity index (χ2n) is 5.22. The van der Waals surface area contributed by atoms with Crippen molar-refractivity contribution >= 4 is 5.69 Å². The van der Waals surface area contributed by atoms with Crippen LogP contribution in [-0.2, 0) is 0 Å². The van der Waals surface area contributed by atoms with Gasteiger partial charge in [0.25, 0.3) is 0 Å². The van der Waals surface area contributed by atoms with E-state index in [4.69, 9.17) is 11.0 Å². The van der Waals surface area contributed by atoms with E-state index in [9.17, 15) is 0 Å². The van der Waals surface area contributed by atoms with Gasteiger partial charge in [0.15, 0.2) is 0 Å². The monoisotopic (exact) mass is 229 g/mol. The summed E-state index contributed by atoms with van der Waals surface area (Å²) >= 11 is 0. The van der Waals surface area contributed by atoms with Gasteiger partial charge in [0.05, 0.1) is 11.6 Å². The fourth-order valence-corrected chi connectivity index (χ4v) is 2.52. The molecule has 17 heavy (non-hydrogen) atoms. The third-order valence-electron chi connectivity index (χ3n) is 3.79. The molecule has 0 aromatic heterocycles. The second kappa shape index (κ2) is 4.38. The number of anilines is 1. The second-order valence-corrected chi connectivity index (χ2v) is 5.22. The summed E-state index contributed by atoms with van der Waals surface area (Å²) in [6.45, 7) is 5.36. The molecule has 0 aliphatic carbocycles. The number of nitrogens with zero attached hydrogens (tertiary/aromatic N) is 2. The van der Waals surface area contributed by atoms with Crippen LogP contribution in [0.3, 0.4) is 0 Å². The first-order valence-electron chi connectivity index (χ1n) is 6.09. The summed E-state index contributed by atoms with van der Waals surface area (Å²) in [7, 11) is 0. The van der Waals surface area contributed by atoms with Gasteiger partial charge in [0, 0.05) is 23.8 Å². The predicted molar refractivity (Wildman–Crippen MR) is 69.8 cm³/mol. The molecule has 0 amide bonds. The molecule has 1 heterocycles. The number of hydrogen-bond donors (Lipinski definition) is 1. The summed E-state index contributed by atoms with van der Waals surface area (Å²) in [5.41, 5.74) is 7.96. The first kappa shape index (κ1) is 11.9. The van der Waals surface area contributed by atoms with Crippen LogP contribution < -0.4 is 10.6 Å². The number of rotatable bonds is 1. The van der Waals surface area contributed by atoms with Crippen LogP contribution in [-0.4, -0.2) is 18.1 Å². The van der Waals surface area contributed by atoms with Crippen molar-refractivity contribution in [3.05, 3.63) is 29.8 Å². The summed E-state index contributed by atoms with van der Waals surface area (Å²) in [6, 6.07) is 10.1. The molecule has 1 saturated heterocycles. The highest BCUT2D eigenvalue weighted by Gasteiger charge is 2.36. The molecular formula is C14H19N3. The van der Waals surface area contributed by atoms with E-state index in [1.54, 1.807) is 0 Å². The van der Waals surface area contributed by atoms with Gasteiger partial charge in [-0.1, -0.05) is 6.07 Å². The summed E-state index contributed by atoms with van der Waals surface area (Å²) < 4.78 is 0. The van der Waals surface area contributed by atoms with Gasteiger partial charge < -0.3 is 10.6 Å². The maximum absolute atomic E-state index is 8.95. The minimum Gasteiger partial charge on any atom is -0.365 e. The molecule has 0 radical (unpaired) electrons. The Morgan fingerprint density at radius 2 is 2.24 bits per heavy atom. The van der Waals surface area contributed by atoms with E-state index in [0.717, 1.165) is 25.1 Å². The van der Waals surface area contributed by atoms with Crippen LogP contribution in [0.2, 0.25) is 0 Å². The zero-order valence-corrected chi connectivity index (χ0v) is 10.5. The van der Waals surface area contributed by atoms with Gasteiger partial charge in [-0.3, -0.25) is 0 Å². The molecule has 2 N–H and O–H groups in total. The van der Waals surface area contributed by atoms with Crippen LogP contribution in [0, 0.1) is 11.3 Å². The van der Waals surface area contributed by atoms with Crippen LogP contribution >= 0.6 is 0 Å². The maximum Gasteiger partial charge on any atom is 0.0992 e. The molecule has 1 aromatic carbocycles. The lowest BCUT2D eigenvalue weighted by Crippen LogP contribution is -2.59. The fraction of sp³-hybridized carbons (Fsp3) is 0.500. The largest absolute Gasteiger partial charge is 0.365 e. The Hall–Kier alpha value is -1.53. The van der Waals surface area contributed by atoms with Gasteiger partial charge in [-0.15, -0.1) is 0 Å². The molecule has 1 fully saturated rings. The standard InChI is InChI=1S/C14H19N3/c1-14(2)13(16)7-4-8-17(14)12-6-3-5-11(9-12)10-15/h3,5-6,9,13H,4,7-8,16H2,1-2H3. The summed E-state index contributed by atoms with van der Waals surface area (Å²) in [6.07, 6.45) is 2.18. The predicted octanol–water partition coefficient (Wildman–Crippen LogP) is 2.26. The molecule has 3 nitrogen and oxygen atoms in total. The van der Waals surface area contributed by atoms with Crippen molar-refractivity contribution in [1.82, 2.24) is 0 Å². The van der Waals surface area contributed by atoms with E-state index in [1.807, 2.05) is 18.2 Å². The van der Waals surface area contributed by atoms with E-state index in [0.29, 0.717) is 5.56 Å². The topological polar surface area (TPSA) is 53.0 Å². The van der Waals surface area contributed by atoms with Crippen molar-refractivity contribution in [3.8, 4) is 6.07 Å². The van der Waals surface area contributed by atoms with E-state index in [2.05, 4.69) is 30.9 Å². The van der Waals surface area contributed by atoms with Crippen molar-refractivity contribution in [1.29, 1.82) is 5.26 Å². The zero-order chi connectivity index (χ0) is 12.5. The Balaban J connectivity index is 2.35. The minimum absolute atomic E-state index is 0.0493. The lowest BCUT2D eigenvalue weighted by Gasteiger charge is -2.48. The van der Waals surface area contributed by atoms with Crippen molar-refractivity contribution < 1.29 is 0 Å². The molecule has 3 heteroatoms. The summed E-state index contributed by atoms with van der Waals surface area (Å²) in [5.74, 6) is 0. The normalized spacial score (nSPS) is 23.2. The first-order valence-corrected chi connectivity index (χ1v) is 6.09. The third-order valence-corrected chi connectivity index (χ3v) is 3.79. The molecule has 0 saturated carbocycles. The highest BCUT2D eigenvalue weighted by molar-refractivity contribution is 5.54. The molecule has 1 aliphatic rings. The van der Waals surface area contributed by atoms with Crippen LogP contribution in [0.25, 0.3) is 0 Å². The number of nitriles is 1. The maximum atomic E-state index is 8.95. The average molecular weight is 229 g/mol. The zero-order valence-electron chi connectivity index (χ0n) is 10.5. The smallest absolute Gasteiger partial charge is 0.0992 e. The average Bonchev–Trinajstić information content (AvgIpc) is 2.32. The Labute approximate surface area is 103 Å². The van der Waals surface area contributed by atoms with Crippen LogP contribution in [0.15, 0.2) is 24.3 Å². The fourth-order valence-electron chi connectivity index (χ4n) is 2.52. The van der Waals surface area contributed by atoms with E-state index >= 15 is 0 Å². The third kappa shape index (κ3) is 2.13. The van der Waals surface area contributed by atoms with E-state index < -0.39 is 0 Å². The molecule has 1 atom stereocenters. The van der Waals surface area contributed by atoms with Crippen molar-refractivity contribution in [2.75, 3.05) is 11.4 Å². The van der Waals surface area contributed by atoms with Gasteiger partial charge in [-0.25, -0.2) is 0 Å². The Morgan fingerprint density at radius 1 is 1.47 bits per heavy atom. The lowest BCUT2D eigenvalue weighted by molar-refractivity contribution is 0.310. The van der Waals surface area contributed by atoms with Gasteiger partial charge >= 0.3 is 0 Å². The van der Waals surface area contributed by atoms with Crippen LogP contribution in [0.5, 0.6) is 0 Å². The van der Waals surface area contributed by atoms with Crippen molar-refractivity contribution in [2.24, 2.45) is 5.73 Å². The molecule has 90 valence electrons. The van der Waals surface area contributed by atoms with E-state index in [1.165, 1.54) is 0 Å². The molecule has 1 unspecified atom stereocenters. The number of nitrogens with two attached hydrogens (primary N) is 1. The Kier molecular flexibility index (Phi) is 3.08.